The van der Waals surface area contributed by atoms with Crippen LogP contribution in [0.5, 0.6) is 0 Å². The van der Waals surface area contributed by atoms with E-state index in [1.165, 1.54) is 12.1 Å². The fourth-order valence-electron chi connectivity index (χ4n) is 4.38. The molecular weight excluding hydrogens is 453 g/mol. The van der Waals surface area contributed by atoms with Crippen molar-refractivity contribution in [2.45, 2.75) is 26.8 Å². The predicted molar refractivity (Wildman–Crippen MR) is 141 cm³/mol. The molecule has 0 spiro atoms. The van der Waals surface area contributed by atoms with Crippen molar-refractivity contribution in [1.29, 1.82) is 0 Å². The second-order valence-electron chi connectivity index (χ2n) is 9.50. The topological polar surface area (TPSA) is 56.4 Å². The van der Waals surface area contributed by atoms with E-state index in [0.29, 0.717) is 31.6 Å². The summed E-state index contributed by atoms with van der Waals surface area (Å²) in [5.41, 5.74) is 3.59. The van der Waals surface area contributed by atoms with E-state index in [-0.39, 0.29) is 30.1 Å². The quantitative estimate of drug-likeness (QED) is 0.314. The molecule has 186 valence electrons. The highest BCUT2D eigenvalue weighted by Crippen LogP contribution is 2.19. The van der Waals surface area contributed by atoms with Gasteiger partial charge in [-0.25, -0.2) is 4.39 Å². The van der Waals surface area contributed by atoms with E-state index in [9.17, 15) is 14.0 Å². The number of hydrogen-bond acceptors (Lipinski definition) is 2. The molecule has 1 N–H and O–H groups in total. The summed E-state index contributed by atoms with van der Waals surface area (Å²) in [7, 11) is 0. The standard InChI is InChI=1S/C30H32FN3O2/c1-22(2)19-34(30(36)24-8-4-3-5-9-24)21-29(35)33(20-23-12-14-26(31)15-13-23)17-16-25-18-32-28-11-7-6-10-27(25)28/h3-15,18,22,32H,16-17,19-21H2,1-2H3. The Hall–Kier alpha value is -3.93. The third-order valence-corrected chi connectivity index (χ3v) is 6.18. The smallest absolute Gasteiger partial charge is 0.254 e. The van der Waals surface area contributed by atoms with E-state index in [0.717, 1.165) is 22.0 Å². The van der Waals surface area contributed by atoms with Crippen LogP contribution in [0.1, 0.15) is 35.3 Å². The molecule has 4 aromatic rings. The molecule has 0 saturated carbocycles. The maximum absolute atomic E-state index is 13.6. The Morgan fingerprint density at radius 2 is 1.58 bits per heavy atom. The maximum atomic E-state index is 13.6. The fraction of sp³-hybridized carbons (Fsp3) is 0.267. The first-order chi connectivity index (χ1) is 17.4. The average molecular weight is 486 g/mol. The zero-order valence-electron chi connectivity index (χ0n) is 20.8. The van der Waals surface area contributed by atoms with Gasteiger partial charge in [-0.2, -0.15) is 0 Å². The van der Waals surface area contributed by atoms with Crippen molar-refractivity contribution in [3.63, 3.8) is 0 Å². The van der Waals surface area contributed by atoms with Gasteiger partial charge in [-0.05, 0) is 53.8 Å². The molecule has 1 heterocycles. The van der Waals surface area contributed by atoms with Gasteiger partial charge in [0, 0.05) is 42.3 Å². The van der Waals surface area contributed by atoms with Crippen LogP contribution in [0.4, 0.5) is 4.39 Å². The highest BCUT2D eigenvalue weighted by atomic mass is 19.1. The summed E-state index contributed by atoms with van der Waals surface area (Å²) in [6.07, 6.45) is 2.64. The third kappa shape index (κ3) is 6.39. The molecule has 3 aromatic carbocycles. The monoisotopic (exact) mass is 485 g/mol. The predicted octanol–water partition coefficient (Wildman–Crippen LogP) is 5.68. The lowest BCUT2D eigenvalue weighted by Gasteiger charge is -2.29. The number of para-hydroxylation sites is 1. The van der Waals surface area contributed by atoms with Crippen molar-refractivity contribution in [2.75, 3.05) is 19.6 Å². The zero-order chi connectivity index (χ0) is 25.5. The number of carbonyl (C=O) groups is 2. The van der Waals surface area contributed by atoms with Gasteiger partial charge in [-0.1, -0.05) is 62.4 Å². The van der Waals surface area contributed by atoms with Crippen LogP contribution < -0.4 is 0 Å². The van der Waals surface area contributed by atoms with Crippen molar-refractivity contribution < 1.29 is 14.0 Å². The molecule has 0 bridgehead atoms. The molecule has 0 aliphatic rings. The van der Waals surface area contributed by atoms with Crippen LogP contribution in [0.25, 0.3) is 10.9 Å². The van der Waals surface area contributed by atoms with Gasteiger partial charge in [-0.3, -0.25) is 9.59 Å². The summed E-state index contributed by atoms with van der Waals surface area (Å²) in [6.45, 7) is 5.35. The minimum Gasteiger partial charge on any atom is -0.361 e. The highest BCUT2D eigenvalue weighted by molar-refractivity contribution is 5.96. The Labute approximate surface area is 211 Å². The van der Waals surface area contributed by atoms with Crippen LogP contribution in [-0.4, -0.2) is 46.2 Å². The molecule has 0 fully saturated rings. The first kappa shape index (κ1) is 25.2. The van der Waals surface area contributed by atoms with E-state index in [1.807, 2.05) is 56.4 Å². The summed E-state index contributed by atoms with van der Waals surface area (Å²) < 4.78 is 13.5. The number of rotatable bonds is 10. The summed E-state index contributed by atoms with van der Waals surface area (Å²) in [6, 6.07) is 23.3. The fourth-order valence-corrected chi connectivity index (χ4v) is 4.38. The lowest BCUT2D eigenvalue weighted by Crippen LogP contribution is -2.44. The van der Waals surface area contributed by atoms with Gasteiger partial charge in [0.05, 0.1) is 0 Å². The van der Waals surface area contributed by atoms with Gasteiger partial charge in [-0.15, -0.1) is 0 Å². The number of nitrogens with one attached hydrogen (secondary N) is 1. The highest BCUT2D eigenvalue weighted by Gasteiger charge is 2.23. The number of benzene rings is 3. The molecular formula is C30H32FN3O2. The lowest BCUT2D eigenvalue weighted by molar-refractivity contribution is -0.132. The van der Waals surface area contributed by atoms with Crippen molar-refractivity contribution in [1.82, 2.24) is 14.8 Å². The normalized spacial score (nSPS) is 11.1. The third-order valence-electron chi connectivity index (χ3n) is 6.18. The van der Waals surface area contributed by atoms with Crippen LogP contribution in [-0.2, 0) is 17.8 Å². The number of hydrogen-bond donors (Lipinski definition) is 1. The van der Waals surface area contributed by atoms with Crippen molar-refractivity contribution in [3.05, 3.63) is 108 Å². The molecule has 0 saturated heterocycles. The molecule has 0 atom stereocenters. The van der Waals surface area contributed by atoms with E-state index in [2.05, 4.69) is 11.1 Å². The second kappa shape index (κ2) is 11.7. The molecule has 0 unspecified atom stereocenters. The number of aromatic nitrogens is 1. The van der Waals surface area contributed by atoms with Gasteiger partial charge in [0.1, 0.15) is 12.4 Å². The number of nitrogens with zero attached hydrogens (tertiary/aromatic N) is 2. The van der Waals surface area contributed by atoms with E-state index < -0.39 is 0 Å². The minimum absolute atomic E-state index is 0.0129. The first-order valence-corrected chi connectivity index (χ1v) is 12.3. The van der Waals surface area contributed by atoms with E-state index >= 15 is 0 Å². The Bertz CT molecular complexity index is 1300. The molecule has 0 aliphatic heterocycles. The first-order valence-electron chi connectivity index (χ1n) is 12.3. The summed E-state index contributed by atoms with van der Waals surface area (Å²) in [5, 5.41) is 1.13. The Balaban J connectivity index is 1.54. The Kier molecular flexibility index (Phi) is 8.16. The summed E-state index contributed by atoms with van der Waals surface area (Å²) in [5.74, 6) is -0.394. The van der Waals surface area contributed by atoms with Crippen LogP contribution in [0.2, 0.25) is 0 Å². The molecule has 0 aliphatic carbocycles. The summed E-state index contributed by atoms with van der Waals surface area (Å²) >= 11 is 0. The maximum Gasteiger partial charge on any atom is 0.254 e. The number of amides is 2. The van der Waals surface area contributed by atoms with E-state index in [4.69, 9.17) is 0 Å². The molecule has 0 radical (unpaired) electrons. The lowest BCUT2D eigenvalue weighted by atomic mass is 10.1. The Morgan fingerprint density at radius 3 is 2.31 bits per heavy atom. The number of carbonyl (C=O) groups excluding carboxylic acids is 2. The van der Waals surface area contributed by atoms with Crippen molar-refractivity contribution >= 4 is 22.7 Å². The number of aromatic amines is 1. The minimum atomic E-state index is -0.313. The van der Waals surface area contributed by atoms with Crippen LogP contribution in [0, 0.1) is 11.7 Å². The molecule has 6 heteroatoms. The molecule has 5 nitrogen and oxygen atoms in total. The number of fused-ring (bicyclic) bond motifs is 1. The summed E-state index contributed by atoms with van der Waals surface area (Å²) in [4.78, 5) is 33.5. The second-order valence-corrected chi connectivity index (χ2v) is 9.50. The molecule has 1 aromatic heterocycles. The van der Waals surface area contributed by atoms with E-state index in [1.54, 1.807) is 34.1 Å². The Morgan fingerprint density at radius 1 is 0.889 bits per heavy atom. The van der Waals surface area contributed by atoms with Crippen LogP contribution in [0.15, 0.2) is 85.1 Å². The zero-order valence-corrected chi connectivity index (χ0v) is 20.8. The van der Waals surface area contributed by atoms with Crippen LogP contribution >= 0.6 is 0 Å². The largest absolute Gasteiger partial charge is 0.361 e. The van der Waals surface area contributed by atoms with Gasteiger partial charge in [0.25, 0.3) is 5.91 Å². The molecule has 2 amide bonds. The molecule has 36 heavy (non-hydrogen) atoms. The van der Waals surface area contributed by atoms with Crippen molar-refractivity contribution in [3.8, 4) is 0 Å². The SMILES string of the molecule is CC(C)CN(CC(=O)N(CCc1c[nH]c2ccccc12)Cc1ccc(F)cc1)C(=O)c1ccccc1. The van der Waals surface area contributed by atoms with Gasteiger partial charge >= 0.3 is 0 Å². The van der Waals surface area contributed by atoms with Crippen molar-refractivity contribution in [2.24, 2.45) is 5.92 Å². The average Bonchev–Trinajstić information content (AvgIpc) is 3.30. The van der Waals surface area contributed by atoms with Gasteiger partial charge < -0.3 is 14.8 Å². The number of halogens is 1. The van der Waals surface area contributed by atoms with Gasteiger partial charge in [0.2, 0.25) is 5.91 Å². The molecule has 4 rings (SSSR count). The number of H-pyrrole nitrogens is 1. The van der Waals surface area contributed by atoms with Crippen LogP contribution in [0.3, 0.4) is 0 Å². The van der Waals surface area contributed by atoms with Gasteiger partial charge in [0.15, 0.2) is 0 Å².